The molecule has 1 aliphatic heterocycles. The molecule has 138 valence electrons. The fraction of sp³-hybridized carbons (Fsp3) is 0.211. The number of carbonyl (C=O) groups is 1. The lowest BCUT2D eigenvalue weighted by Crippen LogP contribution is -2.45. The van der Waals surface area contributed by atoms with Gasteiger partial charge in [0.1, 0.15) is 11.8 Å². The molecule has 0 spiro atoms. The van der Waals surface area contributed by atoms with Crippen LogP contribution in [0.3, 0.4) is 0 Å². The number of benzene rings is 2. The van der Waals surface area contributed by atoms with Crippen LogP contribution in [0.1, 0.15) is 22.9 Å². The van der Waals surface area contributed by atoms with E-state index in [2.05, 4.69) is 10.3 Å². The molecule has 3 N–H and O–H groups in total. The minimum Gasteiger partial charge on any atom is -0.496 e. The number of carboxylic acids is 1. The van der Waals surface area contributed by atoms with Crippen LogP contribution < -0.4 is 10.1 Å². The molecule has 4 rings (SSSR count). The highest BCUT2D eigenvalue weighted by Gasteiger charge is 2.35. The van der Waals surface area contributed by atoms with Gasteiger partial charge in [0.05, 0.1) is 18.1 Å². The number of aromatic nitrogens is 1. The number of aromatic amines is 1. The highest BCUT2D eigenvalue weighted by atomic mass is 16.6. The second-order valence-electron chi connectivity index (χ2n) is 6.44. The fourth-order valence-electron chi connectivity index (χ4n) is 3.70. The summed E-state index contributed by atoms with van der Waals surface area (Å²) in [6.07, 6.45) is 0.322. The quantitative estimate of drug-likeness (QED) is 0.482. The van der Waals surface area contributed by atoms with Crippen molar-refractivity contribution >= 4 is 22.6 Å². The van der Waals surface area contributed by atoms with Gasteiger partial charge in [0.2, 0.25) is 0 Å². The lowest BCUT2D eigenvalue weighted by Gasteiger charge is -2.30. The van der Waals surface area contributed by atoms with Crippen molar-refractivity contribution in [3.05, 3.63) is 69.4 Å². The molecule has 2 atom stereocenters. The van der Waals surface area contributed by atoms with E-state index in [0.717, 1.165) is 22.2 Å². The van der Waals surface area contributed by atoms with E-state index in [1.165, 1.54) is 25.3 Å². The zero-order chi connectivity index (χ0) is 19.1. The molecule has 3 aromatic rings. The Morgan fingerprint density at radius 3 is 2.78 bits per heavy atom. The SMILES string of the molecule is COc1ccc([N+](=O)[O-])cc1[C@@H]1N[C@@H](C(=O)O)Cc2c1[nH]c1ccccc21. The van der Waals surface area contributed by atoms with Crippen LogP contribution in [-0.4, -0.2) is 34.1 Å². The Labute approximate surface area is 153 Å². The summed E-state index contributed by atoms with van der Waals surface area (Å²) in [5.41, 5.74) is 3.03. The molecular formula is C19H17N3O5. The smallest absolute Gasteiger partial charge is 0.321 e. The van der Waals surface area contributed by atoms with E-state index < -0.39 is 23.0 Å². The van der Waals surface area contributed by atoms with Gasteiger partial charge in [-0.1, -0.05) is 18.2 Å². The lowest BCUT2D eigenvalue weighted by molar-refractivity contribution is -0.385. The molecule has 0 fully saturated rings. The predicted molar refractivity (Wildman–Crippen MR) is 98.1 cm³/mol. The summed E-state index contributed by atoms with van der Waals surface area (Å²) in [7, 11) is 1.48. The molecule has 27 heavy (non-hydrogen) atoms. The number of para-hydroxylation sites is 1. The minimum absolute atomic E-state index is 0.0808. The van der Waals surface area contributed by atoms with Crippen molar-refractivity contribution in [3.63, 3.8) is 0 Å². The Morgan fingerprint density at radius 1 is 1.30 bits per heavy atom. The zero-order valence-corrected chi connectivity index (χ0v) is 14.4. The van der Waals surface area contributed by atoms with E-state index in [1.54, 1.807) is 0 Å². The molecule has 0 saturated carbocycles. The van der Waals surface area contributed by atoms with E-state index in [0.29, 0.717) is 17.7 Å². The summed E-state index contributed by atoms with van der Waals surface area (Å²) in [4.78, 5) is 25.8. The van der Waals surface area contributed by atoms with Gasteiger partial charge in [-0.15, -0.1) is 0 Å². The van der Waals surface area contributed by atoms with Gasteiger partial charge in [-0.3, -0.25) is 20.2 Å². The first kappa shape index (κ1) is 17.0. The van der Waals surface area contributed by atoms with Gasteiger partial charge in [-0.25, -0.2) is 0 Å². The molecule has 1 aromatic heterocycles. The van der Waals surface area contributed by atoms with Gasteiger partial charge >= 0.3 is 5.97 Å². The molecule has 0 radical (unpaired) electrons. The second-order valence-corrected chi connectivity index (χ2v) is 6.44. The van der Waals surface area contributed by atoms with E-state index >= 15 is 0 Å². The number of nitrogens with one attached hydrogen (secondary N) is 2. The third-order valence-corrected chi connectivity index (χ3v) is 4.94. The molecule has 2 aromatic carbocycles. The van der Waals surface area contributed by atoms with Gasteiger partial charge in [-0.2, -0.15) is 0 Å². The predicted octanol–water partition coefficient (Wildman–Crippen LogP) is 2.77. The number of methoxy groups -OCH3 is 1. The number of non-ortho nitro benzene ring substituents is 1. The molecule has 1 aliphatic rings. The maximum atomic E-state index is 11.7. The van der Waals surface area contributed by atoms with Crippen molar-refractivity contribution in [2.24, 2.45) is 0 Å². The van der Waals surface area contributed by atoms with E-state index in [4.69, 9.17) is 4.74 Å². The maximum Gasteiger partial charge on any atom is 0.321 e. The number of ether oxygens (including phenoxy) is 1. The average Bonchev–Trinajstić information content (AvgIpc) is 3.05. The number of hydrogen-bond acceptors (Lipinski definition) is 5. The van der Waals surface area contributed by atoms with Crippen LogP contribution in [0.2, 0.25) is 0 Å². The number of carboxylic acid groups (broad SMARTS) is 1. The van der Waals surface area contributed by atoms with E-state index in [-0.39, 0.29) is 5.69 Å². The Morgan fingerprint density at radius 2 is 2.07 bits per heavy atom. The number of hydrogen-bond donors (Lipinski definition) is 3. The van der Waals surface area contributed by atoms with Crippen LogP contribution in [0.4, 0.5) is 5.69 Å². The molecule has 8 heteroatoms. The fourth-order valence-corrected chi connectivity index (χ4v) is 3.70. The van der Waals surface area contributed by atoms with Crippen LogP contribution in [0, 0.1) is 10.1 Å². The topological polar surface area (TPSA) is 117 Å². The largest absolute Gasteiger partial charge is 0.496 e. The second kappa shape index (κ2) is 6.40. The van der Waals surface area contributed by atoms with Gasteiger partial charge < -0.3 is 14.8 Å². The minimum atomic E-state index is -0.972. The van der Waals surface area contributed by atoms with Crippen LogP contribution in [-0.2, 0) is 11.2 Å². The van der Waals surface area contributed by atoms with Gasteiger partial charge in [0, 0.05) is 40.7 Å². The van der Waals surface area contributed by atoms with Gasteiger partial charge in [0.15, 0.2) is 0 Å². The summed E-state index contributed by atoms with van der Waals surface area (Å²) in [6.45, 7) is 0. The zero-order valence-electron chi connectivity index (χ0n) is 14.4. The van der Waals surface area contributed by atoms with Crippen LogP contribution in [0.25, 0.3) is 10.9 Å². The molecule has 0 bridgehead atoms. The number of aliphatic carboxylic acids is 1. The summed E-state index contributed by atoms with van der Waals surface area (Å²) in [5, 5.41) is 24.9. The number of nitro groups is 1. The van der Waals surface area contributed by atoms with Crippen molar-refractivity contribution < 1.29 is 19.6 Å². The Bertz CT molecular complexity index is 1060. The van der Waals surface area contributed by atoms with Crippen LogP contribution >= 0.6 is 0 Å². The monoisotopic (exact) mass is 367 g/mol. The first-order chi connectivity index (χ1) is 13.0. The van der Waals surface area contributed by atoms with Crippen molar-refractivity contribution in [2.75, 3.05) is 7.11 Å². The highest BCUT2D eigenvalue weighted by Crippen LogP contribution is 2.39. The van der Waals surface area contributed by atoms with Crippen LogP contribution in [0.5, 0.6) is 5.75 Å². The number of nitro benzene ring substituents is 1. The summed E-state index contributed by atoms with van der Waals surface area (Å²) in [5.74, 6) is -0.519. The number of nitrogens with zero attached hydrogens (tertiary/aromatic N) is 1. The molecule has 0 aliphatic carbocycles. The van der Waals surface area contributed by atoms with Gasteiger partial charge in [0.25, 0.3) is 5.69 Å². The molecule has 2 heterocycles. The normalized spacial score (nSPS) is 18.9. The Hall–Kier alpha value is -3.39. The first-order valence-corrected chi connectivity index (χ1v) is 8.40. The molecule has 8 nitrogen and oxygen atoms in total. The molecule has 0 unspecified atom stereocenters. The van der Waals surface area contributed by atoms with Gasteiger partial charge in [-0.05, 0) is 17.7 Å². The lowest BCUT2D eigenvalue weighted by atomic mass is 9.89. The third-order valence-electron chi connectivity index (χ3n) is 4.94. The first-order valence-electron chi connectivity index (χ1n) is 8.40. The highest BCUT2D eigenvalue weighted by molar-refractivity contribution is 5.87. The van der Waals surface area contributed by atoms with Crippen molar-refractivity contribution in [1.29, 1.82) is 0 Å². The number of fused-ring (bicyclic) bond motifs is 3. The summed E-state index contributed by atoms with van der Waals surface area (Å²) >= 11 is 0. The summed E-state index contributed by atoms with van der Waals surface area (Å²) in [6, 6.07) is 10.6. The molecule has 0 saturated heterocycles. The number of H-pyrrole nitrogens is 1. The summed E-state index contributed by atoms with van der Waals surface area (Å²) < 4.78 is 5.39. The maximum absolute atomic E-state index is 11.7. The molecular weight excluding hydrogens is 350 g/mol. The van der Waals surface area contributed by atoms with Crippen molar-refractivity contribution in [3.8, 4) is 5.75 Å². The molecule has 0 amide bonds. The standard InChI is InChI=1S/C19H17N3O5/c1-27-16-7-6-10(22(25)26)8-13(16)18-17-12(9-15(21-18)19(23)24)11-4-2-3-5-14(11)20-17/h2-8,15,18,20-21H,9H2,1H3,(H,23,24)/t15-,18+/m1/s1. The van der Waals surface area contributed by atoms with Crippen molar-refractivity contribution in [2.45, 2.75) is 18.5 Å². The average molecular weight is 367 g/mol. The van der Waals surface area contributed by atoms with Crippen LogP contribution in [0.15, 0.2) is 42.5 Å². The Kier molecular flexibility index (Phi) is 4.04. The van der Waals surface area contributed by atoms with Crippen molar-refractivity contribution in [1.82, 2.24) is 10.3 Å². The van der Waals surface area contributed by atoms with E-state index in [9.17, 15) is 20.0 Å². The third kappa shape index (κ3) is 2.80. The van der Waals surface area contributed by atoms with E-state index in [1.807, 2.05) is 24.3 Å². The number of rotatable bonds is 4. The Balaban J connectivity index is 1.94.